The second-order valence-electron chi connectivity index (χ2n) is 8.38. The normalized spacial score (nSPS) is 18.9. The van der Waals surface area contributed by atoms with E-state index >= 15 is 0 Å². The molecule has 1 aliphatic heterocycles. The first-order chi connectivity index (χ1) is 14.0. The first kappa shape index (κ1) is 21.9. The lowest BCUT2D eigenvalue weighted by atomic mass is 10.1. The van der Waals surface area contributed by atoms with Crippen molar-refractivity contribution in [1.29, 1.82) is 0 Å². The molecule has 0 aromatic heterocycles. The van der Waals surface area contributed by atoms with Crippen LogP contribution < -0.4 is 9.47 Å². The van der Waals surface area contributed by atoms with E-state index < -0.39 is 30.3 Å². The first-order valence-corrected chi connectivity index (χ1v) is 9.68. The number of aliphatic carboxylic acids is 1. The van der Waals surface area contributed by atoms with Crippen LogP contribution in [0.3, 0.4) is 0 Å². The molecule has 164 valence electrons. The summed E-state index contributed by atoms with van der Waals surface area (Å²) in [5, 5.41) is 9.52. The van der Waals surface area contributed by atoms with Crippen molar-refractivity contribution in [2.24, 2.45) is 5.92 Å². The zero-order chi connectivity index (χ0) is 22.1. The van der Waals surface area contributed by atoms with Crippen molar-refractivity contribution in [3.05, 3.63) is 29.8 Å². The highest BCUT2D eigenvalue weighted by atomic mass is 19.3. The number of carbonyl (C=O) groups excluding carboxylic acids is 1. The van der Waals surface area contributed by atoms with Crippen LogP contribution in [0.2, 0.25) is 0 Å². The maximum absolute atomic E-state index is 12.7. The van der Waals surface area contributed by atoms with Gasteiger partial charge in [0, 0.05) is 0 Å². The van der Waals surface area contributed by atoms with Crippen molar-refractivity contribution in [3.63, 3.8) is 0 Å². The molecule has 1 saturated carbocycles. The summed E-state index contributed by atoms with van der Waals surface area (Å²) in [6, 6.07) is 3.23. The highest BCUT2D eigenvalue weighted by Gasteiger charge is 2.37. The molecule has 7 nitrogen and oxygen atoms in total. The van der Waals surface area contributed by atoms with Crippen LogP contribution in [0.1, 0.15) is 39.2 Å². The predicted octanol–water partition coefficient (Wildman–Crippen LogP) is 4.16. The van der Waals surface area contributed by atoms with Gasteiger partial charge in [0.2, 0.25) is 0 Å². The van der Waals surface area contributed by atoms with Gasteiger partial charge in [-0.2, -0.15) is 8.78 Å². The molecule has 1 aliphatic carbocycles. The standard InChI is InChI=1S/C21H25F2NO6/c1-21(2,3)30-20(27)24-10-14(8-15(24)18(25)26)13-6-7-16(29-19(22)23)17(9-13)28-11-12-4-5-12/h6-9,12,15,19H,4-5,10-11H2,1-3H3,(H,25,26)/t15-/m1/s1. The maximum Gasteiger partial charge on any atom is 0.411 e. The van der Waals surface area contributed by atoms with E-state index in [2.05, 4.69) is 4.74 Å². The van der Waals surface area contributed by atoms with Crippen molar-refractivity contribution >= 4 is 17.6 Å². The number of carboxylic acid groups (broad SMARTS) is 1. The van der Waals surface area contributed by atoms with E-state index in [1.54, 1.807) is 20.8 Å². The Hall–Kier alpha value is -2.84. The number of nitrogens with zero attached hydrogens (tertiary/aromatic N) is 1. The van der Waals surface area contributed by atoms with Gasteiger partial charge in [-0.05, 0) is 68.9 Å². The molecule has 0 saturated heterocycles. The molecule has 1 amide bonds. The monoisotopic (exact) mass is 425 g/mol. The molecule has 0 radical (unpaired) electrons. The summed E-state index contributed by atoms with van der Waals surface area (Å²) in [6.07, 6.45) is 2.76. The minimum atomic E-state index is -3.00. The summed E-state index contributed by atoms with van der Waals surface area (Å²) in [7, 11) is 0. The van der Waals surface area contributed by atoms with Crippen molar-refractivity contribution in [2.45, 2.75) is 51.9 Å². The maximum atomic E-state index is 12.7. The SMILES string of the molecule is CC(C)(C)OC(=O)N1CC(c2ccc(OC(F)F)c(OCC3CC3)c2)=C[C@@H]1C(=O)O. The van der Waals surface area contributed by atoms with Crippen molar-refractivity contribution in [3.8, 4) is 11.5 Å². The summed E-state index contributed by atoms with van der Waals surface area (Å²) < 4.78 is 40.9. The van der Waals surface area contributed by atoms with Gasteiger partial charge in [0.25, 0.3) is 0 Å². The third-order valence-corrected chi connectivity index (χ3v) is 4.62. The van der Waals surface area contributed by atoms with E-state index in [4.69, 9.17) is 9.47 Å². The smallest absolute Gasteiger partial charge is 0.411 e. The number of rotatable bonds is 7. The molecule has 9 heteroatoms. The van der Waals surface area contributed by atoms with Crippen LogP contribution in [0.5, 0.6) is 11.5 Å². The number of carbonyl (C=O) groups is 2. The number of carboxylic acids is 1. The van der Waals surface area contributed by atoms with Gasteiger partial charge in [-0.25, -0.2) is 9.59 Å². The average Bonchev–Trinajstić information content (AvgIpc) is 3.34. The molecule has 1 N–H and O–H groups in total. The van der Waals surface area contributed by atoms with Crippen LogP contribution >= 0.6 is 0 Å². The number of hydrogen-bond acceptors (Lipinski definition) is 5. The van der Waals surface area contributed by atoms with Crippen molar-refractivity contribution in [1.82, 2.24) is 4.90 Å². The van der Waals surface area contributed by atoms with Crippen molar-refractivity contribution < 1.29 is 37.7 Å². The van der Waals surface area contributed by atoms with Gasteiger partial charge in [0.1, 0.15) is 5.60 Å². The Morgan fingerprint density at radius 3 is 2.50 bits per heavy atom. The summed E-state index contributed by atoms with van der Waals surface area (Å²) in [5.74, 6) is -0.730. The third-order valence-electron chi connectivity index (χ3n) is 4.62. The van der Waals surface area contributed by atoms with E-state index in [0.717, 1.165) is 17.7 Å². The van der Waals surface area contributed by atoms with E-state index in [1.165, 1.54) is 24.3 Å². The topological polar surface area (TPSA) is 85.3 Å². The van der Waals surface area contributed by atoms with Gasteiger partial charge < -0.3 is 19.3 Å². The molecular weight excluding hydrogens is 400 g/mol. The van der Waals surface area contributed by atoms with E-state index in [-0.39, 0.29) is 18.0 Å². The van der Waals surface area contributed by atoms with E-state index in [1.807, 2.05) is 0 Å². The Balaban J connectivity index is 1.84. The minimum absolute atomic E-state index is 0.00297. The number of ether oxygens (including phenoxy) is 3. The predicted molar refractivity (Wildman–Crippen MR) is 104 cm³/mol. The number of benzene rings is 1. The second kappa shape index (κ2) is 8.49. The fourth-order valence-corrected chi connectivity index (χ4v) is 3.01. The molecular formula is C21H25F2NO6. The molecule has 0 bridgehead atoms. The zero-order valence-corrected chi connectivity index (χ0v) is 17.1. The average molecular weight is 425 g/mol. The van der Waals surface area contributed by atoms with Crippen LogP contribution in [0.15, 0.2) is 24.3 Å². The highest BCUT2D eigenvalue weighted by Crippen LogP contribution is 2.37. The molecule has 30 heavy (non-hydrogen) atoms. The number of amides is 1. The van der Waals surface area contributed by atoms with Gasteiger partial charge in [0.05, 0.1) is 13.2 Å². The van der Waals surface area contributed by atoms with Gasteiger partial charge in [-0.1, -0.05) is 6.07 Å². The van der Waals surface area contributed by atoms with Crippen molar-refractivity contribution in [2.75, 3.05) is 13.2 Å². The van der Waals surface area contributed by atoms with Crippen LogP contribution in [0.4, 0.5) is 13.6 Å². The quantitative estimate of drug-likeness (QED) is 0.706. The molecule has 0 spiro atoms. The largest absolute Gasteiger partial charge is 0.489 e. The Morgan fingerprint density at radius 2 is 1.93 bits per heavy atom. The molecule has 1 atom stereocenters. The lowest BCUT2D eigenvalue weighted by molar-refractivity contribution is -0.140. The molecule has 3 rings (SSSR count). The van der Waals surface area contributed by atoms with Gasteiger partial charge in [-0.3, -0.25) is 4.90 Å². The Kier molecular flexibility index (Phi) is 6.19. The van der Waals surface area contributed by atoms with Crippen LogP contribution in [-0.4, -0.2) is 53.5 Å². The number of halogens is 2. The summed E-state index contributed by atoms with van der Waals surface area (Å²) in [5.41, 5.74) is 0.328. The highest BCUT2D eigenvalue weighted by molar-refractivity contribution is 5.89. The number of alkyl halides is 2. The lowest BCUT2D eigenvalue weighted by Crippen LogP contribution is -2.43. The third kappa shape index (κ3) is 5.61. The Labute approximate surface area is 173 Å². The molecule has 1 aromatic rings. The van der Waals surface area contributed by atoms with E-state index in [9.17, 15) is 23.5 Å². The van der Waals surface area contributed by atoms with Crippen LogP contribution in [-0.2, 0) is 9.53 Å². The van der Waals surface area contributed by atoms with Gasteiger partial charge in [-0.15, -0.1) is 0 Å². The fraction of sp³-hybridized carbons (Fsp3) is 0.524. The Morgan fingerprint density at radius 1 is 1.23 bits per heavy atom. The summed E-state index contributed by atoms with van der Waals surface area (Å²) >= 11 is 0. The second-order valence-corrected chi connectivity index (χ2v) is 8.38. The number of hydrogen-bond donors (Lipinski definition) is 1. The first-order valence-electron chi connectivity index (χ1n) is 9.68. The molecule has 1 heterocycles. The molecule has 1 fully saturated rings. The zero-order valence-electron chi connectivity index (χ0n) is 17.1. The van der Waals surface area contributed by atoms with E-state index in [0.29, 0.717) is 23.7 Å². The van der Waals surface area contributed by atoms with Crippen LogP contribution in [0, 0.1) is 5.92 Å². The van der Waals surface area contributed by atoms with Gasteiger partial charge in [0.15, 0.2) is 17.5 Å². The van der Waals surface area contributed by atoms with Crippen LogP contribution in [0.25, 0.3) is 5.57 Å². The molecule has 0 unspecified atom stereocenters. The fourth-order valence-electron chi connectivity index (χ4n) is 3.01. The Bertz CT molecular complexity index is 844. The lowest BCUT2D eigenvalue weighted by Gasteiger charge is -2.27. The van der Waals surface area contributed by atoms with Gasteiger partial charge >= 0.3 is 18.7 Å². The summed E-state index contributed by atoms with van der Waals surface area (Å²) in [4.78, 5) is 25.2. The summed E-state index contributed by atoms with van der Waals surface area (Å²) in [6.45, 7) is 2.47. The molecule has 2 aliphatic rings. The minimum Gasteiger partial charge on any atom is -0.489 e. The molecule has 1 aromatic carbocycles.